The Morgan fingerprint density at radius 1 is 1.47 bits per heavy atom. The van der Waals surface area contributed by atoms with Crippen LogP contribution in [0, 0.1) is 0 Å². The molecular weight excluding hydrogens is 244 g/mol. The van der Waals surface area contributed by atoms with Crippen LogP contribution in [0.2, 0.25) is 0 Å². The van der Waals surface area contributed by atoms with E-state index in [1.54, 1.807) is 11.5 Å². The van der Waals surface area contributed by atoms with Crippen molar-refractivity contribution in [2.75, 3.05) is 6.61 Å². The molecule has 1 aromatic heterocycles. The highest BCUT2D eigenvalue weighted by atomic mass is 16.5. The molecule has 1 aromatic carbocycles. The van der Waals surface area contributed by atoms with Gasteiger partial charge in [-0.3, -0.25) is 9.36 Å². The van der Waals surface area contributed by atoms with Crippen molar-refractivity contribution >= 4 is 5.97 Å². The lowest BCUT2D eigenvalue weighted by Gasteiger charge is -2.02. The van der Waals surface area contributed by atoms with Gasteiger partial charge in [0.05, 0.1) is 19.6 Å². The van der Waals surface area contributed by atoms with Crippen LogP contribution >= 0.6 is 0 Å². The van der Waals surface area contributed by atoms with E-state index >= 15 is 0 Å². The molecule has 5 nitrogen and oxygen atoms in total. The number of rotatable bonds is 3. The van der Waals surface area contributed by atoms with Crippen LogP contribution in [0.25, 0.3) is 11.4 Å². The molecule has 0 atom stereocenters. The number of hydrogen-bond acceptors (Lipinski definition) is 4. The Morgan fingerprint density at radius 2 is 2.26 bits per heavy atom. The van der Waals surface area contributed by atoms with Gasteiger partial charge < -0.3 is 9.84 Å². The summed E-state index contributed by atoms with van der Waals surface area (Å²) in [6.45, 7) is 2.67. The molecule has 5 heteroatoms. The minimum absolute atomic E-state index is 0.00183. The Balaban J connectivity index is 1.95. The van der Waals surface area contributed by atoms with E-state index in [9.17, 15) is 9.90 Å². The van der Waals surface area contributed by atoms with Crippen molar-refractivity contribution in [2.45, 2.75) is 19.9 Å². The van der Waals surface area contributed by atoms with E-state index in [-0.39, 0.29) is 18.3 Å². The van der Waals surface area contributed by atoms with Crippen LogP contribution in [0.15, 0.2) is 24.3 Å². The molecule has 19 heavy (non-hydrogen) atoms. The lowest BCUT2D eigenvalue weighted by Crippen LogP contribution is -2.08. The number of esters is 1. The summed E-state index contributed by atoms with van der Waals surface area (Å²) in [5.74, 6) is 0.398. The van der Waals surface area contributed by atoms with Crippen LogP contribution in [0.5, 0.6) is 5.88 Å². The Morgan fingerprint density at radius 3 is 3.05 bits per heavy atom. The van der Waals surface area contributed by atoms with Gasteiger partial charge in [0.15, 0.2) is 0 Å². The second kappa shape index (κ2) is 4.42. The van der Waals surface area contributed by atoms with E-state index in [0.29, 0.717) is 24.7 Å². The van der Waals surface area contributed by atoms with E-state index in [4.69, 9.17) is 4.74 Å². The van der Waals surface area contributed by atoms with Crippen LogP contribution in [-0.4, -0.2) is 27.2 Å². The number of fused-ring (bicyclic) bond motifs is 3. The molecule has 0 aliphatic carbocycles. The lowest BCUT2D eigenvalue weighted by atomic mass is 10.1. The van der Waals surface area contributed by atoms with E-state index in [1.807, 2.05) is 24.3 Å². The molecule has 0 bridgehead atoms. The second-order valence-electron chi connectivity index (χ2n) is 4.43. The van der Waals surface area contributed by atoms with Crippen molar-refractivity contribution in [3.8, 4) is 17.3 Å². The largest absolute Gasteiger partial charge is 0.493 e. The van der Waals surface area contributed by atoms with Gasteiger partial charge in [-0.25, -0.2) is 4.98 Å². The van der Waals surface area contributed by atoms with Crippen molar-refractivity contribution < 1.29 is 14.6 Å². The van der Waals surface area contributed by atoms with Crippen molar-refractivity contribution in [3.63, 3.8) is 0 Å². The first-order chi connectivity index (χ1) is 9.20. The Kier molecular flexibility index (Phi) is 2.74. The van der Waals surface area contributed by atoms with Crippen LogP contribution in [0.4, 0.5) is 0 Å². The minimum Gasteiger partial charge on any atom is -0.493 e. The number of nitrogens with zero attached hydrogens (tertiary/aromatic N) is 2. The minimum atomic E-state index is -0.372. The van der Waals surface area contributed by atoms with Crippen molar-refractivity contribution in [2.24, 2.45) is 0 Å². The molecular formula is C14H14N2O3. The molecule has 0 spiro atoms. The number of imidazole rings is 1. The normalized spacial score (nSPS) is 12.1. The predicted molar refractivity (Wildman–Crippen MR) is 68.8 cm³/mol. The van der Waals surface area contributed by atoms with Gasteiger partial charge in [0.25, 0.3) is 0 Å². The first kappa shape index (κ1) is 11.8. The summed E-state index contributed by atoms with van der Waals surface area (Å²) in [4.78, 5) is 15.8. The third-order valence-corrected chi connectivity index (χ3v) is 3.21. The molecule has 3 rings (SSSR count). The zero-order valence-electron chi connectivity index (χ0n) is 10.6. The second-order valence-corrected chi connectivity index (χ2v) is 4.43. The lowest BCUT2D eigenvalue weighted by molar-refractivity contribution is -0.142. The molecule has 0 fully saturated rings. The highest BCUT2D eigenvalue weighted by Gasteiger charge is 2.26. The molecule has 0 saturated carbocycles. The monoisotopic (exact) mass is 258 g/mol. The molecule has 2 heterocycles. The third kappa shape index (κ3) is 1.87. The van der Waals surface area contributed by atoms with E-state index in [1.165, 1.54) is 0 Å². The highest BCUT2D eigenvalue weighted by Crippen LogP contribution is 2.36. The number of aromatic nitrogens is 2. The molecule has 1 aliphatic rings. The Labute approximate surface area is 110 Å². The summed E-state index contributed by atoms with van der Waals surface area (Å²) in [7, 11) is 0. The highest BCUT2D eigenvalue weighted by molar-refractivity contribution is 5.74. The van der Waals surface area contributed by atoms with Gasteiger partial charge in [-0.05, 0) is 12.5 Å². The maximum atomic E-state index is 11.5. The zero-order chi connectivity index (χ0) is 13.4. The number of benzene rings is 1. The van der Waals surface area contributed by atoms with Crippen LogP contribution in [0.3, 0.4) is 0 Å². The molecule has 2 aromatic rings. The van der Waals surface area contributed by atoms with Crippen molar-refractivity contribution in [1.29, 1.82) is 0 Å². The maximum Gasteiger partial charge on any atom is 0.312 e. The molecule has 0 amide bonds. The molecule has 1 N–H and O–H groups in total. The van der Waals surface area contributed by atoms with Crippen molar-refractivity contribution in [3.05, 3.63) is 35.5 Å². The van der Waals surface area contributed by atoms with Gasteiger partial charge >= 0.3 is 5.97 Å². The molecule has 0 unspecified atom stereocenters. The van der Waals surface area contributed by atoms with Gasteiger partial charge in [0.1, 0.15) is 11.5 Å². The predicted octanol–water partition coefficient (Wildman–Crippen LogP) is 1.72. The summed E-state index contributed by atoms with van der Waals surface area (Å²) in [6, 6.07) is 7.87. The zero-order valence-corrected chi connectivity index (χ0v) is 10.6. The van der Waals surface area contributed by atoms with Gasteiger partial charge in [-0.2, -0.15) is 0 Å². The van der Waals surface area contributed by atoms with Gasteiger partial charge in [0, 0.05) is 5.56 Å². The third-order valence-electron chi connectivity index (χ3n) is 3.21. The SMILES string of the molecule is CCOC(=O)Cc1nc2n(c1O)Cc1ccccc1-2. The fourth-order valence-electron chi connectivity index (χ4n) is 2.36. The number of hydrogen-bond donors (Lipinski definition) is 1. The molecule has 1 aliphatic heterocycles. The summed E-state index contributed by atoms with van der Waals surface area (Å²) < 4.78 is 6.59. The van der Waals surface area contributed by atoms with Gasteiger partial charge in [-0.1, -0.05) is 24.3 Å². The number of carbonyl (C=O) groups is 1. The first-order valence-corrected chi connectivity index (χ1v) is 6.23. The molecule has 98 valence electrons. The Bertz CT molecular complexity index is 646. The summed E-state index contributed by atoms with van der Waals surface area (Å²) >= 11 is 0. The van der Waals surface area contributed by atoms with E-state index in [0.717, 1.165) is 11.1 Å². The summed E-state index contributed by atoms with van der Waals surface area (Å²) in [5.41, 5.74) is 2.51. The Hall–Kier alpha value is -2.30. The number of carbonyl (C=O) groups excluding carboxylic acids is 1. The van der Waals surface area contributed by atoms with Crippen LogP contribution < -0.4 is 0 Å². The van der Waals surface area contributed by atoms with Gasteiger partial charge in [0.2, 0.25) is 5.88 Å². The van der Waals surface area contributed by atoms with E-state index < -0.39 is 0 Å². The standard InChI is InChI=1S/C14H14N2O3/c1-2-19-12(17)7-11-14(18)16-8-9-5-3-4-6-10(9)13(16)15-11/h3-6,18H,2,7-8H2,1H3. The number of aromatic hydroxyl groups is 1. The van der Waals surface area contributed by atoms with Gasteiger partial charge in [-0.15, -0.1) is 0 Å². The average molecular weight is 258 g/mol. The van der Waals surface area contributed by atoms with Crippen molar-refractivity contribution in [1.82, 2.24) is 9.55 Å². The first-order valence-electron chi connectivity index (χ1n) is 6.23. The smallest absolute Gasteiger partial charge is 0.312 e. The summed E-state index contributed by atoms with van der Waals surface area (Å²) in [5, 5.41) is 10.1. The van der Waals surface area contributed by atoms with Crippen LogP contribution in [-0.2, 0) is 22.5 Å². The molecule has 0 radical (unpaired) electrons. The summed E-state index contributed by atoms with van der Waals surface area (Å²) in [6.07, 6.45) is 0.00183. The fourth-order valence-corrected chi connectivity index (χ4v) is 2.36. The quantitative estimate of drug-likeness (QED) is 0.726. The van der Waals surface area contributed by atoms with Crippen LogP contribution in [0.1, 0.15) is 18.2 Å². The average Bonchev–Trinajstić information content (AvgIpc) is 2.89. The number of ether oxygens (including phenoxy) is 1. The maximum absolute atomic E-state index is 11.5. The molecule has 0 saturated heterocycles. The fraction of sp³-hybridized carbons (Fsp3) is 0.286. The van der Waals surface area contributed by atoms with E-state index in [2.05, 4.69) is 4.98 Å². The topological polar surface area (TPSA) is 64.3 Å².